The van der Waals surface area contributed by atoms with Crippen LogP contribution in [0.2, 0.25) is 0 Å². The van der Waals surface area contributed by atoms with Crippen LogP contribution < -0.4 is 0 Å². The molecular weight excluding hydrogens is 3400 g/mol. The van der Waals surface area contributed by atoms with Crippen LogP contribution in [-0.4, -0.2) is 0 Å². The topological polar surface area (TPSA) is 2560 Å². The molecule has 720 valence electrons. The quantitative estimate of drug-likeness (QED) is 0.204. The molecule has 120 heavy (non-hydrogen) atoms. The average molecular weight is 3400 g/mol. The van der Waals surface area contributed by atoms with Crippen LogP contribution >= 0.6 is 0 Å². The van der Waals surface area contributed by atoms with Gasteiger partial charge in [-0.2, -0.15) is 0 Å². The van der Waals surface area contributed by atoms with E-state index >= 15 is 0 Å². The van der Waals surface area contributed by atoms with Crippen LogP contribution in [0.1, 0.15) is 0 Å². The van der Waals surface area contributed by atoms with Gasteiger partial charge in [0.2, 0.25) is 0 Å². The van der Waals surface area contributed by atoms with Gasteiger partial charge in [0.1, 0.15) is 0 Å². The Labute approximate surface area is 1060 Å². The summed E-state index contributed by atoms with van der Waals surface area (Å²) in [5, 5.41) is 0. The van der Waals surface area contributed by atoms with Gasteiger partial charge < -0.3 is 493 Å². The summed E-state index contributed by atoms with van der Waals surface area (Å²) in [6.07, 6.45) is 0. The largest absolute Gasteiger partial charge is 2.00 e. The predicted molar refractivity (Wildman–Crippen MR) is 61.8 cm³/mol. The fourth-order valence-electron chi connectivity index (χ4n) is 0. The van der Waals surface area contributed by atoms with Crippen LogP contribution in [0, 0.1) is 0 Å². The van der Waals surface area contributed by atoms with Crippen molar-refractivity contribution in [2.45, 2.75) is 0 Å². The van der Waals surface area contributed by atoms with E-state index in [1.165, 1.54) is 0 Å². The van der Waals surface area contributed by atoms with Crippen molar-refractivity contribution < 1.29 is 1080 Å². The molecule has 0 rings (SSSR count). The van der Waals surface area contributed by atoms with Crippen molar-refractivity contribution in [2.24, 2.45) is 0 Å². The van der Waals surface area contributed by atoms with E-state index in [1.54, 1.807) is 0 Å². The van der Waals surface area contributed by atoms with Crippen molar-refractivity contribution in [1.82, 2.24) is 0 Å². The second-order valence-electron chi connectivity index (χ2n) is 0. The second kappa shape index (κ2) is 10400. The Hall–Kier alpha value is 15.1. The van der Waals surface area contributed by atoms with Gasteiger partial charge in [-0.3, -0.25) is 0 Å². The zero-order valence-electron chi connectivity index (χ0n) is 58.0. The normalized spacial score (nSPS) is 0. The minimum atomic E-state index is 0. The first-order chi connectivity index (χ1) is 0. The van der Waals surface area contributed by atoms with Crippen LogP contribution in [0.3, 0.4) is 0 Å². The fourth-order valence-corrected chi connectivity index (χ4v) is 0. The van der Waals surface area contributed by atoms with Gasteiger partial charge in [-0.15, -0.1) is 0 Å². The zero-order chi connectivity index (χ0) is 0. The minimum absolute atomic E-state index is 0. The average Bonchev–Trinajstić information content (AvgIpc) is 0. The molecule has 0 aromatic heterocycles. The summed E-state index contributed by atoms with van der Waals surface area (Å²) in [4.78, 5) is 0. The molecule has 0 spiro atoms. The fraction of sp³-hybridized carbons (Fsp3) is 0. The van der Waals surface area contributed by atoms with E-state index in [2.05, 4.69) is 0 Å². The molecule has 0 aliphatic rings. The first-order valence-electron chi connectivity index (χ1n) is 0. The Balaban J connectivity index is 0. The molecule has 0 bridgehead atoms. The van der Waals surface area contributed by atoms with Gasteiger partial charge in [-0.05, 0) is 0 Å². The molecule has 0 fully saturated rings. The predicted octanol–water partition coefficient (Wildman–Crippen LogP) is -10.8. The Morgan fingerprint density at radius 1 is 0.0167 bits per heavy atom. The van der Waals surface area contributed by atoms with Crippen molar-refractivity contribution in [3.8, 4) is 0 Å². The third kappa shape index (κ3) is 10200. The maximum atomic E-state index is 0. The second-order valence-corrected chi connectivity index (χ2v) is 0. The van der Waals surface area contributed by atoms with Crippen LogP contribution in [-0.2, 0) is 1080 Å². The van der Waals surface area contributed by atoms with Crippen molar-refractivity contribution in [3.05, 3.63) is 0 Å². The Morgan fingerprint density at radius 3 is 0.0167 bits per heavy atom. The van der Waals surface area contributed by atoms with Gasteiger partial charge in [0.25, 0.3) is 0 Å². The van der Waals surface area contributed by atoms with E-state index in [4.69, 9.17) is 0 Å². The number of hydrogen-bond donors (Lipinski definition) is 0. The Bertz CT molecular complexity index is 97.4. The number of rotatable bonds is 0. The summed E-state index contributed by atoms with van der Waals surface area (Å²) < 4.78 is 0. The molecule has 0 aliphatic carbocycles. The summed E-state index contributed by atoms with van der Waals surface area (Å²) in [6.45, 7) is 0. The van der Waals surface area contributed by atoms with Gasteiger partial charge in [-0.25, -0.2) is 0 Å². The van der Waals surface area contributed by atoms with E-state index in [9.17, 15) is 0 Å². The van der Waals surface area contributed by atoms with Crippen molar-refractivity contribution in [3.63, 3.8) is 0 Å². The van der Waals surface area contributed by atoms with E-state index in [0.717, 1.165) is 0 Å². The van der Waals surface area contributed by atoms with Crippen molar-refractivity contribution in [2.75, 3.05) is 0 Å². The Morgan fingerprint density at radius 2 is 0.0167 bits per heavy atom. The SMILES string of the molecule is [O-2].[O-2].[O-2].[O-2].[O-2].[O-2].[O-2].[O-2].[O-2].[O-2].[O-2].[O-2].[O-2].[O-2].[O-2].[O-2].[O-2].[O-2].[O-2].[O-2].[O-2].[O-2].[O-2].[O-2].[O-2].[O-2].[O-2].[O-2].[O-2].[O-2].[O-2].[O-2].[O-2].[O-2].[O-2].[O-2].[O-2].[O-2].[O-2].[O-2].[O-2].[O-2].[O-2].[O-2].[O-2].[O-2].[O-2].[O-2].[O-2].[O-2].[O-2].[O-2].[O-2].[O-2].[O-2].[O-2].[O-2].[O-2].[O-2].[O-2].[O-2].[O-2].[O-2].[O-2].[O-2].[O-2].[O-2].[O-2].[O-2].[O-2].[O-2].[O-2].[O-2].[O-2].[O-2].[O-2].[O-2].[O-2].[O-2].[O-2].[O-2].[O-2].[O-2].[O-2].[O-2].[O-2].[O-2].[O-2].[O-2].[O-2].[Zn+2].[Zn+2].[Zn+2].[Zn+2].[Zn+2].[Zn+2].[Zn+2].[Zn+2].[Zn+2].[Zn+2].[Zn+2].[Zn+2].[Zn+2].[Zn+2].[Zn+2].[Zn+2].[Zn+2].[Zn+2].[Zn+2].[Zn+2].[Zn+2].[Zn+2].[Zn+2].[Zn+2].[Zn+2].[Zn+2].[Zn+2].[Zn+2].[Zn+2].[Zn+2]. The van der Waals surface area contributed by atoms with Gasteiger partial charge >= 0.3 is 584 Å². The van der Waals surface area contributed by atoms with Gasteiger partial charge in [0, 0.05) is 0 Å². The smallest absolute Gasteiger partial charge is 2.00 e. The van der Waals surface area contributed by atoms with Crippen LogP contribution in [0.4, 0.5) is 0 Å². The molecule has 0 saturated heterocycles. The summed E-state index contributed by atoms with van der Waals surface area (Å²) >= 11 is 0. The van der Waals surface area contributed by atoms with E-state index < -0.39 is 0 Å². The summed E-state index contributed by atoms with van der Waals surface area (Å²) in [7, 11) is 0. The molecule has 0 aromatic carbocycles. The molecule has 0 unspecified atom stereocenters. The molecule has 0 atom stereocenters. The van der Waals surface area contributed by atoms with Crippen LogP contribution in [0.15, 0.2) is 0 Å². The van der Waals surface area contributed by atoms with E-state index in [1.807, 2.05) is 0 Å². The molecule has 0 N–H and O–H groups in total. The molecule has 90 nitrogen and oxygen atoms in total. The molecule has 0 aliphatic heterocycles. The maximum Gasteiger partial charge on any atom is 2.00 e. The van der Waals surface area contributed by atoms with E-state index in [-0.39, 0.29) is 1080 Å². The first-order valence-corrected chi connectivity index (χ1v) is 0. The molecule has 0 heterocycles. The summed E-state index contributed by atoms with van der Waals surface area (Å²) in [5.41, 5.74) is 0. The Kier molecular flexibility index (Phi) is 925000. The van der Waals surface area contributed by atoms with Crippen molar-refractivity contribution >= 4 is 0 Å². The minimum Gasteiger partial charge on any atom is -2.00 e. The van der Waals surface area contributed by atoms with Crippen LogP contribution in [0.5, 0.6) is 0 Å². The first kappa shape index (κ1) is 10700. The van der Waals surface area contributed by atoms with Gasteiger partial charge in [0.05, 0.1) is 0 Å². The molecule has 120 heteroatoms. The van der Waals surface area contributed by atoms with Crippen LogP contribution in [0.25, 0.3) is 0 Å². The summed E-state index contributed by atoms with van der Waals surface area (Å²) in [6, 6.07) is 0. The summed E-state index contributed by atoms with van der Waals surface area (Å²) in [5.74, 6) is 0. The molecule has 0 saturated carbocycles. The molecule has 0 amide bonds. The maximum absolute atomic E-state index is 0. The molecule has 0 radical (unpaired) electrons. The third-order valence-corrected chi connectivity index (χ3v) is 0. The van der Waals surface area contributed by atoms with Gasteiger partial charge in [0.15, 0.2) is 0 Å². The van der Waals surface area contributed by atoms with Crippen molar-refractivity contribution in [1.29, 1.82) is 0 Å². The van der Waals surface area contributed by atoms with Gasteiger partial charge in [-0.1, -0.05) is 0 Å². The van der Waals surface area contributed by atoms with E-state index in [0.29, 0.717) is 0 Å². The third-order valence-electron chi connectivity index (χ3n) is 0. The standard InChI is InChI=1S/90O.30Zn/q90*-2;30*+2. The zero-order valence-corrected chi connectivity index (χ0v) is 147. The molecular formula is O90Zn30-120. The molecule has 0 aromatic rings. The number of hydrogen-bond acceptors (Lipinski definition) is 0. The monoisotopic (exact) mass is 3360 g/mol.